The van der Waals surface area contributed by atoms with Gasteiger partial charge in [0.25, 0.3) is 0 Å². The van der Waals surface area contributed by atoms with Crippen LogP contribution in [0.1, 0.15) is 39.0 Å². The van der Waals surface area contributed by atoms with Crippen LogP contribution >= 0.6 is 0 Å². The first-order valence-electron chi connectivity index (χ1n) is 5.80. The molecule has 1 unspecified atom stereocenters. The maximum Gasteiger partial charge on any atom is 0.157 e. The lowest BCUT2D eigenvalue weighted by atomic mass is 10.3. The van der Waals surface area contributed by atoms with Crippen molar-refractivity contribution in [1.82, 2.24) is 0 Å². The fourth-order valence-electron chi connectivity index (χ4n) is 1.11. The summed E-state index contributed by atoms with van der Waals surface area (Å²) in [6.07, 6.45) is 3.94. The van der Waals surface area contributed by atoms with Gasteiger partial charge in [-0.1, -0.05) is 13.3 Å². The Bertz CT molecular complexity index is 109. The van der Waals surface area contributed by atoms with E-state index in [0.717, 1.165) is 12.8 Å². The van der Waals surface area contributed by atoms with Gasteiger partial charge in [0.15, 0.2) is 6.29 Å². The van der Waals surface area contributed by atoms with Crippen LogP contribution in [-0.2, 0) is 9.47 Å². The summed E-state index contributed by atoms with van der Waals surface area (Å²) in [7, 11) is 0. The summed E-state index contributed by atoms with van der Waals surface area (Å²) in [5.41, 5.74) is 0. The van der Waals surface area contributed by atoms with E-state index in [1.807, 2.05) is 0 Å². The quantitative estimate of drug-likeness (QED) is 0.407. The molecule has 0 aromatic carbocycles. The summed E-state index contributed by atoms with van der Waals surface area (Å²) >= 11 is 0. The number of aliphatic hydroxyl groups excluding tert-OH is 2. The van der Waals surface area contributed by atoms with Crippen molar-refractivity contribution in [2.75, 3.05) is 26.4 Å². The average molecular weight is 220 g/mol. The monoisotopic (exact) mass is 220 g/mol. The fourth-order valence-corrected chi connectivity index (χ4v) is 1.11. The Morgan fingerprint density at radius 1 is 0.933 bits per heavy atom. The molecule has 0 aromatic heterocycles. The van der Waals surface area contributed by atoms with Crippen LogP contribution in [0.15, 0.2) is 0 Å². The Morgan fingerprint density at radius 3 is 2.07 bits per heavy atom. The Morgan fingerprint density at radius 2 is 1.53 bits per heavy atom. The molecule has 2 N–H and O–H groups in total. The SMILES string of the molecule is CCCCOC(CCCO)OCCCO. The van der Waals surface area contributed by atoms with Crippen molar-refractivity contribution in [3.8, 4) is 0 Å². The first-order chi connectivity index (χ1) is 7.35. The number of ether oxygens (including phenoxy) is 2. The molecule has 0 aliphatic rings. The second-order valence-electron chi connectivity index (χ2n) is 3.47. The maximum absolute atomic E-state index is 8.71. The molecule has 0 spiro atoms. The lowest BCUT2D eigenvalue weighted by Gasteiger charge is -2.17. The van der Waals surface area contributed by atoms with Gasteiger partial charge in [0.2, 0.25) is 0 Å². The minimum Gasteiger partial charge on any atom is -0.396 e. The number of rotatable bonds is 11. The van der Waals surface area contributed by atoms with Crippen LogP contribution in [0.5, 0.6) is 0 Å². The second kappa shape index (κ2) is 11.9. The van der Waals surface area contributed by atoms with Gasteiger partial charge in [-0.2, -0.15) is 0 Å². The molecule has 4 heteroatoms. The average Bonchev–Trinajstić information content (AvgIpc) is 2.25. The molecule has 0 aromatic rings. The minimum absolute atomic E-state index is 0.141. The summed E-state index contributed by atoms with van der Waals surface area (Å²) in [5, 5.41) is 17.3. The third kappa shape index (κ3) is 10.1. The smallest absolute Gasteiger partial charge is 0.157 e. The zero-order valence-corrected chi connectivity index (χ0v) is 9.65. The van der Waals surface area contributed by atoms with Crippen molar-refractivity contribution in [3.05, 3.63) is 0 Å². The van der Waals surface area contributed by atoms with E-state index in [4.69, 9.17) is 19.7 Å². The van der Waals surface area contributed by atoms with Crippen molar-refractivity contribution in [3.63, 3.8) is 0 Å². The van der Waals surface area contributed by atoms with Gasteiger partial charge in [0.1, 0.15) is 0 Å². The van der Waals surface area contributed by atoms with Crippen LogP contribution in [0, 0.1) is 0 Å². The molecule has 0 radical (unpaired) electrons. The maximum atomic E-state index is 8.71. The highest BCUT2D eigenvalue weighted by molar-refractivity contribution is 4.47. The molecule has 1 atom stereocenters. The molecular formula is C11H24O4. The van der Waals surface area contributed by atoms with Crippen LogP contribution in [0.2, 0.25) is 0 Å². The summed E-state index contributed by atoms with van der Waals surface area (Å²) < 4.78 is 11.0. The molecular weight excluding hydrogens is 196 g/mol. The van der Waals surface area contributed by atoms with Crippen molar-refractivity contribution in [2.24, 2.45) is 0 Å². The summed E-state index contributed by atoms with van der Waals surface area (Å²) in [5.74, 6) is 0. The number of aliphatic hydroxyl groups is 2. The van der Waals surface area contributed by atoms with Crippen molar-refractivity contribution in [2.45, 2.75) is 45.3 Å². The predicted molar refractivity (Wildman–Crippen MR) is 58.6 cm³/mol. The van der Waals surface area contributed by atoms with Crippen LogP contribution in [-0.4, -0.2) is 42.9 Å². The van der Waals surface area contributed by atoms with E-state index in [2.05, 4.69) is 6.92 Å². The Labute approximate surface area is 92.2 Å². The molecule has 0 rings (SSSR count). The van der Waals surface area contributed by atoms with E-state index < -0.39 is 0 Å². The van der Waals surface area contributed by atoms with Gasteiger partial charge < -0.3 is 19.7 Å². The zero-order chi connectivity index (χ0) is 11.4. The normalized spacial score (nSPS) is 13.0. The highest BCUT2D eigenvalue weighted by Crippen LogP contribution is 2.06. The molecule has 0 bridgehead atoms. The predicted octanol–water partition coefficient (Wildman–Crippen LogP) is 1.30. The molecule has 0 aliphatic heterocycles. The first kappa shape index (κ1) is 14.8. The van der Waals surface area contributed by atoms with E-state index in [-0.39, 0.29) is 19.5 Å². The van der Waals surface area contributed by atoms with Crippen molar-refractivity contribution >= 4 is 0 Å². The number of hydrogen-bond acceptors (Lipinski definition) is 4. The summed E-state index contributed by atoms with van der Waals surface area (Å²) in [4.78, 5) is 0. The topological polar surface area (TPSA) is 58.9 Å². The van der Waals surface area contributed by atoms with Crippen LogP contribution < -0.4 is 0 Å². The molecule has 15 heavy (non-hydrogen) atoms. The molecule has 0 aliphatic carbocycles. The van der Waals surface area contributed by atoms with Gasteiger partial charge in [0.05, 0.1) is 6.61 Å². The molecule has 0 saturated heterocycles. The summed E-state index contributed by atoms with van der Waals surface area (Å²) in [6.45, 7) is 3.63. The van der Waals surface area contributed by atoms with Crippen molar-refractivity contribution in [1.29, 1.82) is 0 Å². The van der Waals surface area contributed by atoms with Gasteiger partial charge in [-0.15, -0.1) is 0 Å². The molecule has 92 valence electrons. The van der Waals surface area contributed by atoms with E-state index in [1.54, 1.807) is 0 Å². The molecule has 0 amide bonds. The molecule has 4 nitrogen and oxygen atoms in total. The lowest BCUT2D eigenvalue weighted by Crippen LogP contribution is -2.19. The summed E-state index contributed by atoms with van der Waals surface area (Å²) in [6, 6.07) is 0. The standard InChI is InChI=1S/C11H24O4/c1-2-3-9-14-11(6-4-7-12)15-10-5-8-13/h11-13H,2-10H2,1H3. The van der Waals surface area contributed by atoms with E-state index >= 15 is 0 Å². The largest absolute Gasteiger partial charge is 0.396 e. The first-order valence-corrected chi connectivity index (χ1v) is 5.80. The van der Waals surface area contributed by atoms with Crippen molar-refractivity contribution < 1.29 is 19.7 Å². The fraction of sp³-hybridized carbons (Fsp3) is 1.00. The lowest BCUT2D eigenvalue weighted by molar-refractivity contribution is -0.149. The van der Waals surface area contributed by atoms with E-state index in [9.17, 15) is 0 Å². The molecule has 0 heterocycles. The van der Waals surface area contributed by atoms with Crippen LogP contribution in [0.25, 0.3) is 0 Å². The van der Waals surface area contributed by atoms with Crippen LogP contribution in [0.3, 0.4) is 0 Å². The number of hydrogen-bond donors (Lipinski definition) is 2. The zero-order valence-electron chi connectivity index (χ0n) is 9.65. The third-order valence-electron chi connectivity index (χ3n) is 2.01. The highest BCUT2D eigenvalue weighted by atomic mass is 16.7. The molecule has 0 saturated carbocycles. The van der Waals surface area contributed by atoms with Gasteiger partial charge in [-0.25, -0.2) is 0 Å². The Balaban J connectivity index is 3.53. The Kier molecular flexibility index (Phi) is 11.8. The number of unbranched alkanes of at least 4 members (excludes halogenated alkanes) is 1. The highest BCUT2D eigenvalue weighted by Gasteiger charge is 2.08. The second-order valence-corrected chi connectivity index (χ2v) is 3.47. The van der Waals surface area contributed by atoms with Gasteiger partial charge >= 0.3 is 0 Å². The Hall–Kier alpha value is -0.160. The van der Waals surface area contributed by atoms with E-state index in [0.29, 0.717) is 32.5 Å². The van der Waals surface area contributed by atoms with Crippen LogP contribution in [0.4, 0.5) is 0 Å². The minimum atomic E-state index is -0.227. The van der Waals surface area contributed by atoms with Gasteiger partial charge in [-0.05, 0) is 19.3 Å². The van der Waals surface area contributed by atoms with E-state index in [1.165, 1.54) is 0 Å². The molecule has 0 fully saturated rings. The third-order valence-corrected chi connectivity index (χ3v) is 2.01. The van der Waals surface area contributed by atoms with Gasteiger partial charge in [-0.3, -0.25) is 0 Å². The van der Waals surface area contributed by atoms with Gasteiger partial charge in [0, 0.05) is 26.2 Å².